The predicted molar refractivity (Wildman–Crippen MR) is 134 cm³/mol. The molecule has 10 heteroatoms. The monoisotopic (exact) mass is 543 g/mol. The summed E-state index contributed by atoms with van der Waals surface area (Å²) >= 11 is 0. The van der Waals surface area contributed by atoms with E-state index in [1.165, 1.54) is 18.3 Å². The molecule has 4 aromatic rings. The highest BCUT2D eigenvalue weighted by atomic mass is 19.4. The Morgan fingerprint density at radius 1 is 0.872 bits per heavy atom. The fourth-order valence-electron chi connectivity index (χ4n) is 4.78. The molecule has 0 bridgehead atoms. The number of nitrogens with one attached hydrogen (secondary N) is 1. The predicted octanol–water partition coefficient (Wildman–Crippen LogP) is 8.04. The van der Waals surface area contributed by atoms with E-state index in [9.17, 15) is 31.1 Å². The lowest BCUT2D eigenvalue weighted by Gasteiger charge is -2.34. The second kappa shape index (κ2) is 10.2. The van der Waals surface area contributed by atoms with E-state index >= 15 is 0 Å². The molecule has 0 aliphatic carbocycles. The standard InChI is InChI=1S/C29H23F6N3O/c30-28(31,32)22-13-11-20(12-14-22)19-9-6-18(7-10-19)8-15-25(39)23-17-36-38-26(29(33,34)35)16-24(37-27(23)38)21-4-2-1-3-5-21/h1-7,9-14,17,24,26,37H,8,15-16H2. The van der Waals surface area contributed by atoms with Crippen LogP contribution in [-0.4, -0.2) is 21.7 Å². The lowest BCUT2D eigenvalue weighted by Crippen LogP contribution is -2.36. The smallest absolute Gasteiger partial charge is 0.363 e. The Kier molecular flexibility index (Phi) is 6.96. The Morgan fingerprint density at radius 2 is 1.49 bits per heavy atom. The average molecular weight is 544 g/mol. The number of nitrogens with zero attached hydrogens (tertiary/aromatic N) is 2. The normalized spacial score (nSPS) is 17.4. The van der Waals surface area contributed by atoms with Gasteiger partial charge in [-0.25, -0.2) is 4.68 Å². The van der Waals surface area contributed by atoms with Gasteiger partial charge in [-0.05, 0) is 40.8 Å². The van der Waals surface area contributed by atoms with E-state index in [0.717, 1.165) is 27.9 Å². The van der Waals surface area contributed by atoms with Crippen LogP contribution in [-0.2, 0) is 12.6 Å². The third kappa shape index (κ3) is 5.69. The maximum atomic E-state index is 13.9. The van der Waals surface area contributed by atoms with Crippen LogP contribution in [0.2, 0.25) is 0 Å². The number of hydrogen-bond acceptors (Lipinski definition) is 3. The molecule has 39 heavy (non-hydrogen) atoms. The van der Waals surface area contributed by atoms with Crippen LogP contribution in [0.5, 0.6) is 0 Å². The average Bonchev–Trinajstić information content (AvgIpc) is 3.35. The second-order valence-corrected chi connectivity index (χ2v) is 9.45. The van der Waals surface area contributed by atoms with Crippen molar-refractivity contribution in [2.24, 2.45) is 0 Å². The van der Waals surface area contributed by atoms with Gasteiger partial charge in [-0.3, -0.25) is 4.79 Å². The number of Topliss-reactive ketones (excluding diaryl/α,β-unsaturated/α-hetero) is 1. The van der Waals surface area contributed by atoms with Gasteiger partial charge in [0.2, 0.25) is 0 Å². The molecule has 3 aromatic carbocycles. The number of benzene rings is 3. The number of carbonyl (C=O) groups is 1. The van der Waals surface area contributed by atoms with Gasteiger partial charge in [0.25, 0.3) is 0 Å². The molecule has 0 spiro atoms. The van der Waals surface area contributed by atoms with Gasteiger partial charge in [0.05, 0.1) is 23.4 Å². The van der Waals surface area contributed by atoms with E-state index in [2.05, 4.69) is 10.4 Å². The number of aryl methyl sites for hydroxylation is 1. The zero-order valence-electron chi connectivity index (χ0n) is 20.4. The van der Waals surface area contributed by atoms with Gasteiger partial charge in [0, 0.05) is 12.8 Å². The lowest BCUT2D eigenvalue weighted by molar-refractivity contribution is -0.173. The van der Waals surface area contributed by atoms with Gasteiger partial charge >= 0.3 is 12.4 Å². The molecule has 1 aromatic heterocycles. The second-order valence-electron chi connectivity index (χ2n) is 9.45. The summed E-state index contributed by atoms with van der Waals surface area (Å²) in [6.45, 7) is 0. The summed E-state index contributed by atoms with van der Waals surface area (Å²) in [7, 11) is 0. The number of carbonyl (C=O) groups excluding carboxylic acids is 1. The number of alkyl halides is 6. The number of rotatable bonds is 6. The minimum Gasteiger partial charge on any atom is -0.363 e. The van der Waals surface area contributed by atoms with E-state index in [1.54, 1.807) is 54.6 Å². The van der Waals surface area contributed by atoms with Gasteiger partial charge in [-0.1, -0.05) is 66.7 Å². The number of halogens is 6. The summed E-state index contributed by atoms with van der Waals surface area (Å²) in [5, 5.41) is 7.01. The van der Waals surface area contributed by atoms with Crippen molar-refractivity contribution in [1.82, 2.24) is 9.78 Å². The third-order valence-electron chi connectivity index (χ3n) is 6.88. The SMILES string of the molecule is O=C(CCc1ccc(-c2ccc(C(F)(F)F)cc2)cc1)c1cnn2c1NC(c1ccccc1)CC2C(F)(F)F. The highest BCUT2D eigenvalue weighted by molar-refractivity contribution is 6.00. The van der Waals surface area contributed by atoms with E-state index in [4.69, 9.17) is 0 Å². The molecule has 0 saturated carbocycles. The van der Waals surface area contributed by atoms with Crippen LogP contribution in [0.25, 0.3) is 11.1 Å². The molecule has 4 nitrogen and oxygen atoms in total. The molecule has 0 fully saturated rings. The minimum atomic E-state index is -4.54. The molecule has 202 valence electrons. The summed E-state index contributed by atoms with van der Waals surface area (Å²) in [5.41, 5.74) is 2.21. The van der Waals surface area contributed by atoms with E-state index in [-0.39, 0.29) is 30.0 Å². The zero-order chi connectivity index (χ0) is 27.8. The van der Waals surface area contributed by atoms with E-state index in [1.807, 2.05) is 0 Å². The molecule has 0 amide bonds. The van der Waals surface area contributed by atoms with E-state index < -0.39 is 30.0 Å². The van der Waals surface area contributed by atoms with Crippen molar-refractivity contribution in [2.45, 2.75) is 43.7 Å². The van der Waals surface area contributed by atoms with Crippen molar-refractivity contribution < 1.29 is 31.1 Å². The molecule has 1 aliphatic heterocycles. The van der Waals surface area contributed by atoms with Crippen molar-refractivity contribution in [3.8, 4) is 11.1 Å². The van der Waals surface area contributed by atoms with Crippen LogP contribution >= 0.6 is 0 Å². The van der Waals surface area contributed by atoms with Crippen LogP contribution < -0.4 is 5.32 Å². The van der Waals surface area contributed by atoms with Crippen LogP contribution in [0.4, 0.5) is 32.2 Å². The Labute approximate surface area is 220 Å². The Morgan fingerprint density at radius 3 is 2.08 bits per heavy atom. The maximum absolute atomic E-state index is 13.9. The van der Waals surface area contributed by atoms with Crippen molar-refractivity contribution in [3.05, 3.63) is 107 Å². The molecule has 5 rings (SSSR count). The summed E-state index contributed by atoms with van der Waals surface area (Å²) < 4.78 is 80.9. The molecular formula is C29H23F6N3O. The van der Waals surface area contributed by atoms with Crippen molar-refractivity contribution >= 4 is 11.6 Å². The molecule has 2 unspecified atom stereocenters. The van der Waals surface area contributed by atoms with Gasteiger partial charge in [-0.2, -0.15) is 31.4 Å². The molecular weight excluding hydrogens is 520 g/mol. The van der Waals surface area contributed by atoms with Crippen molar-refractivity contribution in [2.75, 3.05) is 5.32 Å². The lowest BCUT2D eigenvalue weighted by atomic mass is 9.96. The van der Waals surface area contributed by atoms with Crippen molar-refractivity contribution in [1.29, 1.82) is 0 Å². The number of ketones is 1. The number of hydrogen-bond donors (Lipinski definition) is 1. The quantitative estimate of drug-likeness (QED) is 0.198. The van der Waals surface area contributed by atoms with E-state index in [0.29, 0.717) is 17.5 Å². The van der Waals surface area contributed by atoms with Crippen LogP contribution in [0, 0.1) is 0 Å². The number of aromatic nitrogens is 2. The van der Waals surface area contributed by atoms with Gasteiger partial charge in [0.15, 0.2) is 11.8 Å². The Bertz CT molecular complexity index is 1440. The fourth-order valence-corrected chi connectivity index (χ4v) is 4.78. The summed E-state index contributed by atoms with van der Waals surface area (Å²) in [4.78, 5) is 13.1. The Hall–Kier alpha value is -4.08. The summed E-state index contributed by atoms with van der Waals surface area (Å²) in [6, 6.07) is 18.2. The van der Waals surface area contributed by atoms with Crippen LogP contribution in [0.3, 0.4) is 0 Å². The first kappa shape index (κ1) is 26.5. The maximum Gasteiger partial charge on any atom is 0.416 e. The molecule has 0 radical (unpaired) electrons. The molecule has 1 aliphatic rings. The highest BCUT2D eigenvalue weighted by Crippen LogP contribution is 2.44. The van der Waals surface area contributed by atoms with Crippen LogP contribution in [0.1, 0.15) is 52.0 Å². The van der Waals surface area contributed by atoms with Gasteiger partial charge < -0.3 is 5.32 Å². The molecule has 2 atom stereocenters. The molecule has 0 saturated heterocycles. The fraction of sp³-hybridized carbons (Fsp3) is 0.241. The highest BCUT2D eigenvalue weighted by Gasteiger charge is 2.47. The zero-order valence-corrected chi connectivity index (χ0v) is 20.4. The first-order valence-electron chi connectivity index (χ1n) is 12.3. The van der Waals surface area contributed by atoms with Gasteiger partial charge in [-0.15, -0.1) is 0 Å². The Balaban J connectivity index is 1.30. The summed E-state index contributed by atoms with van der Waals surface area (Å²) in [6.07, 6.45) is -7.62. The largest absolute Gasteiger partial charge is 0.416 e. The third-order valence-corrected chi connectivity index (χ3v) is 6.88. The number of anilines is 1. The summed E-state index contributed by atoms with van der Waals surface area (Å²) in [5.74, 6) is -0.287. The molecule has 2 heterocycles. The minimum absolute atomic E-state index is 0.0483. The first-order valence-corrected chi connectivity index (χ1v) is 12.3. The topological polar surface area (TPSA) is 46.9 Å². The van der Waals surface area contributed by atoms with Crippen molar-refractivity contribution in [3.63, 3.8) is 0 Å². The molecule has 1 N–H and O–H groups in total. The first-order chi connectivity index (χ1) is 18.5. The van der Waals surface area contributed by atoms with Crippen LogP contribution in [0.15, 0.2) is 85.1 Å². The van der Waals surface area contributed by atoms with Gasteiger partial charge in [0.1, 0.15) is 5.82 Å². The number of fused-ring (bicyclic) bond motifs is 1.